The molecule has 0 fully saturated rings. The van der Waals surface area contributed by atoms with Crippen molar-refractivity contribution in [1.29, 1.82) is 0 Å². The van der Waals surface area contributed by atoms with E-state index in [0.717, 1.165) is 23.3 Å². The molecule has 0 heterocycles. The Balaban J connectivity index is 2.84. The fourth-order valence-electron chi connectivity index (χ4n) is 1.94. The maximum Gasteiger partial charge on any atom is 0.261 e. The molecule has 1 amide bonds. The molecule has 2 atom stereocenters. The van der Waals surface area contributed by atoms with Crippen molar-refractivity contribution in [3.63, 3.8) is 0 Å². The molecule has 0 saturated carbocycles. The lowest BCUT2D eigenvalue weighted by Crippen LogP contribution is -2.36. The predicted molar refractivity (Wildman–Crippen MR) is 81.8 cm³/mol. The summed E-state index contributed by atoms with van der Waals surface area (Å²) in [5, 5.41) is 2.73. The largest absolute Gasteiger partial charge is 0.480 e. The first-order valence-electron chi connectivity index (χ1n) is 6.85. The lowest BCUT2D eigenvalue weighted by molar-refractivity contribution is -0.127. The molecule has 20 heavy (non-hydrogen) atoms. The summed E-state index contributed by atoms with van der Waals surface area (Å²) in [5.74, 6) is 0.603. The number of rotatable bonds is 7. The molecule has 0 saturated heterocycles. The number of ether oxygens (including phenoxy) is 1. The van der Waals surface area contributed by atoms with E-state index >= 15 is 0 Å². The molecule has 0 bridgehead atoms. The third kappa shape index (κ3) is 4.70. The number of hydrogen-bond donors (Lipinski definition) is 2. The second-order valence-corrected chi connectivity index (χ2v) is 5.04. The zero-order valence-corrected chi connectivity index (χ0v) is 12.5. The highest BCUT2D eigenvalue weighted by Crippen LogP contribution is 2.25. The van der Waals surface area contributed by atoms with Crippen LogP contribution in [-0.4, -0.2) is 24.6 Å². The molecule has 0 spiro atoms. The molecule has 0 radical (unpaired) electrons. The SMILES string of the molecule is C=CCNC(=O)C(C)Oc1c(C)cccc1CC(C)N. The van der Waals surface area contributed by atoms with E-state index in [-0.39, 0.29) is 11.9 Å². The minimum atomic E-state index is -0.553. The van der Waals surface area contributed by atoms with Gasteiger partial charge in [-0.05, 0) is 38.3 Å². The first-order chi connectivity index (χ1) is 9.45. The van der Waals surface area contributed by atoms with Gasteiger partial charge in [-0.2, -0.15) is 0 Å². The van der Waals surface area contributed by atoms with Crippen LogP contribution in [0, 0.1) is 6.92 Å². The number of benzene rings is 1. The van der Waals surface area contributed by atoms with Crippen molar-refractivity contribution in [3.05, 3.63) is 42.0 Å². The average Bonchev–Trinajstić information content (AvgIpc) is 2.39. The van der Waals surface area contributed by atoms with Crippen LogP contribution in [0.2, 0.25) is 0 Å². The molecular formula is C16H24N2O2. The van der Waals surface area contributed by atoms with Crippen molar-refractivity contribution < 1.29 is 9.53 Å². The highest BCUT2D eigenvalue weighted by atomic mass is 16.5. The summed E-state index contributed by atoms with van der Waals surface area (Å²) in [4.78, 5) is 11.8. The van der Waals surface area contributed by atoms with Crippen molar-refractivity contribution in [3.8, 4) is 5.75 Å². The zero-order valence-electron chi connectivity index (χ0n) is 12.5. The highest BCUT2D eigenvalue weighted by molar-refractivity contribution is 5.80. The van der Waals surface area contributed by atoms with Crippen molar-refractivity contribution in [2.75, 3.05) is 6.54 Å². The lowest BCUT2D eigenvalue weighted by atomic mass is 10.0. The number of carbonyl (C=O) groups excluding carboxylic acids is 1. The van der Waals surface area contributed by atoms with Gasteiger partial charge < -0.3 is 15.8 Å². The molecule has 4 nitrogen and oxygen atoms in total. The van der Waals surface area contributed by atoms with Crippen LogP contribution in [0.15, 0.2) is 30.9 Å². The highest BCUT2D eigenvalue weighted by Gasteiger charge is 2.17. The molecule has 4 heteroatoms. The molecule has 0 aliphatic carbocycles. The number of aryl methyl sites for hydroxylation is 1. The first kappa shape index (κ1) is 16.2. The van der Waals surface area contributed by atoms with Crippen LogP contribution in [0.25, 0.3) is 0 Å². The Kier molecular flexibility index (Phi) is 6.25. The Bertz CT molecular complexity index is 470. The van der Waals surface area contributed by atoms with Gasteiger partial charge in [0.2, 0.25) is 0 Å². The quantitative estimate of drug-likeness (QED) is 0.748. The van der Waals surface area contributed by atoms with E-state index in [1.165, 1.54) is 0 Å². The second kappa shape index (κ2) is 7.70. The first-order valence-corrected chi connectivity index (χ1v) is 6.85. The third-order valence-corrected chi connectivity index (χ3v) is 2.92. The molecule has 1 aromatic rings. The van der Waals surface area contributed by atoms with Gasteiger partial charge in [-0.1, -0.05) is 24.3 Å². The third-order valence-electron chi connectivity index (χ3n) is 2.92. The van der Waals surface area contributed by atoms with Gasteiger partial charge in [-0.25, -0.2) is 0 Å². The molecule has 2 unspecified atom stereocenters. The van der Waals surface area contributed by atoms with Crippen molar-refractivity contribution in [2.45, 2.75) is 39.3 Å². The summed E-state index contributed by atoms with van der Waals surface area (Å²) >= 11 is 0. The van der Waals surface area contributed by atoms with Crippen LogP contribution in [0.4, 0.5) is 0 Å². The Labute approximate surface area is 121 Å². The van der Waals surface area contributed by atoms with Crippen molar-refractivity contribution in [2.24, 2.45) is 5.73 Å². The molecule has 1 aromatic carbocycles. The maximum absolute atomic E-state index is 11.8. The minimum Gasteiger partial charge on any atom is -0.480 e. The minimum absolute atomic E-state index is 0.0454. The summed E-state index contributed by atoms with van der Waals surface area (Å²) in [7, 11) is 0. The van der Waals surface area contributed by atoms with Gasteiger partial charge in [0, 0.05) is 12.6 Å². The molecule has 1 rings (SSSR count). The summed E-state index contributed by atoms with van der Waals surface area (Å²) < 4.78 is 5.83. The number of nitrogens with two attached hydrogens (primary N) is 1. The lowest BCUT2D eigenvalue weighted by Gasteiger charge is -2.19. The van der Waals surface area contributed by atoms with E-state index in [1.54, 1.807) is 13.0 Å². The van der Waals surface area contributed by atoms with Crippen LogP contribution < -0.4 is 15.8 Å². The summed E-state index contributed by atoms with van der Waals surface area (Å²) in [6.45, 7) is 9.66. The smallest absolute Gasteiger partial charge is 0.261 e. The monoisotopic (exact) mass is 276 g/mol. The molecule has 0 aromatic heterocycles. The van der Waals surface area contributed by atoms with Gasteiger partial charge in [0.15, 0.2) is 6.10 Å². The van der Waals surface area contributed by atoms with E-state index in [2.05, 4.69) is 11.9 Å². The molecule has 3 N–H and O–H groups in total. The van der Waals surface area contributed by atoms with E-state index in [0.29, 0.717) is 6.54 Å². The Morgan fingerprint density at radius 2 is 2.20 bits per heavy atom. The van der Waals surface area contributed by atoms with Crippen LogP contribution in [0.3, 0.4) is 0 Å². The van der Waals surface area contributed by atoms with Crippen molar-refractivity contribution in [1.82, 2.24) is 5.32 Å². The molecule has 0 aliphatic rings. The van der Waals surface area contributed by atoms with Gasteiger partial charge in [0.05, 0.1) is 0 Å². The topological polar surface area (TPSA) is 64.3 Å². The summed E-state index contributed by atoms with van der Waals surface area (Å²) in [6.07, 6.45) is 1.81. The number of hydrogen-bond acceptors (Lipinski definition) is 3. The van der Waals surface area contributed by atoms with Gasteiger partial charge in [0.1, 0.15) is 5.75 Å². The van der Waals surface area contributed by atoms with Crippen LogP contribution in [0.5, 0.6) is 5.75 Å². The summed E-state index contributed by atoms with van der Waals surface area (Å²) in [6, 6.07) is 5.97. The number of para-hydroxylation sites is 1. The average molecular weight is 276 g/mol. The zero-order chi connectivity index (χ0) is 15.1. The van der Waals surface area contributed by atoms with Crippen LogP contribution in [0.1, 0.15) is 25.0 Å². The van der Waals surface area contributed by atoms with E-state index in [1.807, 2.05) is 32.0 Å². The Morgan fingerprint density at radius 3 is 2.80 bits per heavy atom. The second-order valence-electron chi connectivity index (χ2n) is 5.04. The standard InChI is InChI=1S/C16H24N2O2/c1-5-9-18-16(19)13(4)20-15-11(2)7-6-8-14(15)10-12(3)17/h5-8,12-13H,1,9-10,17H2,2-4H3,(H,18,19). The molecule has 110 valence electrons. The fraction of sp³-hybridized carbons (Fsp3) is 0.438. The Hall–Kier alpha value is -1.81. The van der Waals surface area contributed by atoms with Gasteiger partial charge in [-0.15, -0.1) is 6.58 Å². The van der Waals surface area contributed by atoms with E-state index in [9.17, 15) is 4.79 Å². The summed E-state index contributed by atoms with van der Waals surface area (Å²) in [5.41, 5.74) is 7.89. The Morgan fingerprint density at radius 1 is 1.50 bits per heavy atom. The van der Waals surface area contributed by atoms with E-state index in [4.69, 9.17) is 10.5 Å². The number of amides is 1. The van der Waals surface area contributed by atoms with Crippen LogP contribution in [-0.2, 0) is 11.2 Å². The van der Waals surface area contributed by atoms with Gasteiger partial charge in [-0.3, -0.25) is 4.79 Å². The van der Waals surface area contributed by atoms with E-state index < -0.39 is 6.10 Å². The van der Waals surface area contributed by atoms with Gasteiger partial charge in [0.25, 0.3) is 5.91 Å². The maximum atomic E-state index is 11.8. The normalized spacial score (nSPS) is 13.4. The van der Waals surface area contributed by atoms with Crippen LogP contribution >= 0.6 is 0 Å². The van der Waals surface area contributed by atoms with Gasteiger partial charge >= 0.3 is 0 Å². The van der Waals surface area contributed by atoms with Crippen molar-refractivity contribution >= 4 is 5.91 Å². The number of nitrogens with one attached hydrogen (secondary N) is 1. The fourth-order valence-corrected chi connectivity index (χ4v) is 1.94. The molecule has 0 aliphatic heterocycles. The molecular weight excluding hydrogens is 252 g/mol. The number of carbonyl (C=O) groups is 1. The predicted octanol–water partition coefficient (Wildman–Crippen LogP) is 1.95.